The van der Waals surface area contributed by atoms with Gasteiger partial charge in [0, 0.05) is 13.1 Å². The molecule has 0 bridgehead atoms. The average Bonchev–Trinajstić information content (AvgIpc) is 2.65. The first-order valence-corrected chi connectivity index (χ1v) is 7.88. The first-order chi connectivity index (χ1) is 9.35. The largest absolute Gasteiger partial charge is 0.322 e. The van der Waals surface area contributed by atoms with Gasteiger partial charge in [-0.05, 0) is 19.3 Å². The Hall–Kier alpha value is -1.66. The van der Waals surface area contributed by atoms with Crippen molar-refractivity contribution in [1.82, 2.24) is 14.9 Å². The number of nitrogens with one attached hydrogen (secondary N) is 2. The number of hydrogen-bond acceptors (Lipinski definition) is 5. The predicted molar refractivity (Wildman–Crippen MR) is 68.8 cm³/mol. The Morgan fingerprint density at radius 1 is 1.50 bits per heavy atom. The van der Waals surface area contributed by atoms with Gasteiger partial charge in [-0.25, -0.2) is 13.2 Å². The summed E-state index contributed by atoms with van der Waals surface area (Å²) in [5.41, 5.74) is -1.20. The summed E-state index contributed by atoms with van der Waals surface area (Å²) in [5.74, 6) is -0.507. The third kappa shape index (κ3) is 2.25. The Morgan fingerprint density at radius 2 is 2.20 bits per heavy atom. The van der Waals surface area contributed by atoms with Crippen LogP contribution < -0.4 is 10.6 Å². The van der Waals surface area contributed by atoms with Crippen molar-refractivity contribution in [3.63, 3.8) is 0 Å². The van der Waals surface area contributed by atoms with E-state index in [4.69, 9.17) is 5.26 Å². The summed E-state index contributed by atoms with van der Waals surface area (Å²) in [6.07, 6.45) is 1.02. The van der Waals surface area contributed by atoms with Crippen molar-refractivity contribution in [2.45, 2.75) is 37.0 Å². The number of nitriles is 1. The van der Waals surface area contributed by atoms with Crippen molar-refractivity contribution >= 4 is 22.0 Å². The van der Waals surface area contributed by atoms with Gasteiger partial charge in [0.2, 0.25) is 10.0 Å². The molecule has 2 heterocycles. The molecule has 8 nitrogen and oxygen atoms in total. The molecule has 20 heavy (non-hydrogen) atoms. The van der Waals surface area contributed by atoms with E-state index in [2.05, 4.69) is 10.6 Å². The monoisotopic (exact) mass is 300 g/mol. The zero-order valence-electron chi connectivity index (χ0n) is 11.0. The van der Waals surface area contributed by atoms with Crippen LogP contribution in [0.3, 0.4) is 0 Å². The summed E-state index contributed by atoms with van der Waals surface area (Å²) >= 11 is 0. The summed E-state index contributed by atoms with van der Waals surface area (Å²) < 4.78 is 25.8. The van der Waals surface area contributed by atoms with Crippen LogP contribution in [0.2, 0.25) is 0 Å². The third-order valence-electron chi connectivity index (χ3n) is 3.71. The van der Waals surface area contributed by atoms with Crippen molar-refractivity contribution < 1.29 is 18.0 Å². The zero-order chi connectivity index (χ0) is 15.0. The number of amides is 3. The van der Waals surface area contributed by atoms with Crippen LogP contribution in [0.5, 0.6) is 0 Å². The molecule has 2 saturated heterocycles. The van der Waals surface area contributed by atoms with E-state index in [0.717, 1.165) is 4.31 Å². The number of hydrogen-bond donors (Lipinski definition) is 2. The molecule has 0 aliphatic carbocycles. The molecule has 2 atom stereocenters. The summed E-state index contributed by atoms with van der Waals surface area (Å²) in [6.45, 7) is 1.76. The first kappa shape index (κ1) is 14.7. The topological polar surface area (TPSA) is 119 Å². The summed E-state index contributed by atoms with van der Waals surface area (Å²) in [4.78, 5) is 23.1. The lowest BCUT2D eigenvalue weighted by Gasteiger charge is -2.37. The molecule has 0 aromatic carbocycles. The van der Waals surface area contributed by atoms with Gasteiger partial charge >= 0.3 is 6.03 Å². The maximum Gasteiger partial charge on any atom is 0.322 e. The van der Waals surface area contributed by atoms with Gasteiger partial charge < -0.3 is 5.32 Å². The van der Waals surface area contributed by atoms with Gasteiger partial charge in [-0.15, -0.1) is 0 Å². The molecule has 2 aliphatic rings. The first-order valence-electron chi connectivity index (χ1n) is 6.38. The predicted octanol–water partition coefficient (Wildman–Crippen LogP) is -0.708. The van der Waals surface area contributed by atoms with E-state index in [1.807, 2.05) is 0 Å². The maximum absolute atomic E-state index is 12.3. The number of carbonyl (C=O) groups excluding carboxylic acids is 2. The highest BCUT2D eigenvalue weighted by molar-refractivity contribution is 7.90. The fraction of sp³-hybridized carbons (Fsp3) is 0.727. The lowest BCUT2D eigenvalue weighted by Crippen LogP contribution is -2.60. The normalized spacial score (nSPS) is 28.8. The summed E-state index contributed by atoms with van der Waals surface area (Å²) in [5, 5.41) is 12.4. The maximum atomic E-state index is 12.3. The van der Waals surface area contributed by atoms with Gasteiger partial charge in [-0.3, -0.25) is 10.1 Å². The van der Waals surface area contributed by atoms with E-state index in [1.54, 1.807) is 13.0 Å². The van der Waals surface area contributed by atoms with Gasteiger partial charge in [0.15, 0.2) is 5.25 Å². The molecule has 9 heteroatoms. The van der Waals surface area contributed by atoms with E-state index in [0.29, 0.717) is 12.8 Å². The molecule has 0 aromatic heterocycles. The van der Waals surface area contributed by atoms with E-state index in [9.17, 15) is 18.0 Å². The number of nitrogens with zero attached hydrogens (tertiary/aromatic N) is 2. The molecule has 0 saturated carbocycles. The highest BCUT2D eigenvalue weighted by atomic mass is 32.2. The molecule has 2 aliphatic heterocycles. The van der Waals surface area contributed by atoms with Gasteiger partial charge in [0.25, 0.3) is 5.91 Å². The Kier molecular flexibility index (Phi) is 3.71. The minimum absolute atomic E-state index is 0.120. The smallest absolute Gasteiger partial charge is 0.322 e. The Labute approximate surface area is 117 Å². The average molecular weight is 300 g/mol. The van der Waals surface area contributed by atoms with E-state index in [-0.39, 0.29) is 19.5 Å². The van der Waals surface area contributed by atoms with Crippen LogP contribution in [0, 0.1) is 11.3 Å². The van der Waals surface area contributed by atoms with Gasteiger partial charge in [0.1, 0.15) is 5.54 Å². The fourth-order valence-corrected chi connectivity index (χ4v) is 4.30. The second kappa shape index (κ2) is 5.03. The van der Waals surface area contributed by atoms with Crippen LogP contribution in [0.25, 0.3) is 0 Å². The lowest BCUT2D eigenvalue weighted by molar-refractivity contribution is -0.125. The quantitative estimate of drug-likeness (QED) is 0.667. The van der Waals surface area contributed by atoms with Gasteiger partial charge in [0.05, 0.1) is 6.07 Å². The number of urea groups is 1. The van der Waals surface area contributed by atoms with E-state index >= 15 is 0 Å². The zero-order valence-corrected chi connectivity index (χ0v) is 11.9. The molecule has 0 radical (unpaired) electrons. The van der Waals surface area contributed by atoms with E-state index < -0.39 is 32.8 Å². The van der Waals surface area contributed by atoms with Crippen molar-refractivity contribution in [1.29, 1.82) is 5.26 Å². The molecular weight excluding hydrogens is 284 g/mol. The van der Waals surface area contributed by atoms with Crippen molar-refractivity contribution in [2.75, 3.05) is 13.1 Å². The summed E-state index contributed by atoms with van der Waals surface area (Å²) in [6, 6.07) is 1.16. The molecule has 0 aromatic rings. The fourth-order valence-electron chi connectivity index (χ4n) is 2.60. The van der Waals surface area contributed by atoms with Crippen LogP contribution in [-0.2, 0) is 14.8 Å². The van der Waals surface area contributed by atoms with Crippen molar-refractivity contribution in [2.24, 2.45) is 0 Å². The SMILES string of the molecule is CCC(C#N)S(=O)(=O)N1CCCC2(C1)NC(=O)NC2=O. The van der Waals surface area contributed by atoms with Crippen LogP contribution in [0.1, 0.15) is 26.2 Å². The molecular formula is C11H16N4O4S. The number of rotatable bonds is 3. The van der Waals surface area contributed by atoms with Crippen LogP contribution in [0.4, 0.5) is 4.79 Å². The Bertz CT molecular complexity index is 582. The highest BCUT2D eigenvalue weighted by Gasteiger charge is 2.51. The van der Waals surface area contributed by atoms with Crippen LogP contribution in [-0.4, -0.2) is 48.5 Å². The molecule has 3 amide bonds. The molecule has 1 spiro atoms. The number of carbonyl (C=O) groups is 2. The third-order valence-corrected chi connectivity index (χ3v) is 5.90. The van der Waals surface area contributed by atoms with Crippen molar-refractivity contribution in [3.8, 4) is 6.07 Å². The molecule has 2 N–H and O–H groups in total. The van der Waals surface area contributed by atoms with Gasteiger partial charge in [-0.1, -0.05) is 6.92 Å². The minimum Gasteiger partial charge on any atom is -0.322 e. The number of piperidine rings is 1. The number of imide groups is 1. The van der Waals surface area contributed by atoms with Crippen molar-refractivity contribution in [3.05, 3.63) is 0 Å². The molecule has 2 fully saturated rings. The van der Waals surface area contributed by atoms with Crippen LogP contribution >= 0.6 is 0 Å². The molecule has 2 unspecified atom stereocenters. The molecule has 2 rings (SSSR count). The molecule has 110 valence electrons. The Balaban J connectivity index is 2.26. The standard InChI is InChI=1S/C11H16N4O4S/c1-2-8(6-12)20(18,19)15-5-3-4-11(7-15)9(16)13-10(17)14-11/h8H,2-5,7H2,1H3,(H2,13,14,16,17). The summed E-state index contributed by atoms with van der Waals surface area (Å²) in [7, 11) is -3.79. The van der Waals surface area contributed by atoms with E-state index in [1.165, 1.54) is 0 Å². The second-order valence-electron chi connectivity index (χ2n) is 5.00. The second-order valence-corrected chi connectivity index (χ2v) is 7.11. The Morgan fingerprint density at radius 3 is 2.70 bits per heavy atom. The lowest BCUT2D eigenvalue weighted by atomic mass is 9.90. The minimum atomic E-state index is -3.79. The number of sulfonamides is 1. The van der Waals surface area contributed by atoms with Crippen LogP contribution in [0.15, 0.2) is 0 Å². The van der Waals surface area contributed by atoms with Gasteiger partial charge in [-0.2, -0.15) is 9.57 Å². The highest BCUT2D eigenvalue weighted by Crippen LogP contribution is 2.27.